The maximum absolute atomic E-state index is 12.3. The molecule has 7 heteroatoms. The summed E-state index contributed by atoms with van der Waals surface area (Å²) in [7, 11) is -3.18. The maximum Gasteiger partial charge on any atom is 0.223 e. The van der Waals surface area contributed by atoms with Gasteiger partial charge in [-0.2, -0.15) is 0 Å². The summed E-state index contributed by atoms with van der Waals surface area (Å²) in [5.41, 5.74) is 0.182. The topological polar surface area (TPSA) is 86.7 Å². The highest BCUT2D eigenvalue weighted by Crippen LogP contribution is 2.20. The minimum absolute atomic E-state index is 0.104. The summed E-state index contributed by atoms with van der Waals surface area (Å²) in [4.78, 5) is 12.3. The van der Waals surface area contributed by atoms with E-state index < -0.39 is 15.6 Å². The molecular weight excluding hydrogens is 340 g/mol. The number of benzene rings is 1. The van der Waals surface area contributed by atoms with Crippen LogP contribution in [0.2, 0.25) is 0 Å². The molecule has 1 heterocycles. The third-order valence-corrected chi connectivity index (χ3v) is 6.04. The highest BCUT2D eigenvalue weighted by molar-refractivity contribution is 7.88. The Morgan fingerprint density at radius 2 is 1.88 bits per heavy atom. The van der Waals surface area contributed by atoms with Crippen LogP contribution in [0.1, 0.15) is 31.7 Å². The summed E-state index contributed by atoms with van der Waals surface area (Å²) >= 11 is 0. The molecule has 1 fully saturated rings. The van der Waals surface area contributed by atoms with Gasteiger partial charge in [-0.1, -0.05) is 30.3 Å². The largest absolute Gasteiger partial charge is 0.388 e. The summed E-state index contributed by atoms with van der Waals surface area (Å²) in [6.07, 6.45) is 3.54. The van der Waals surface area contributed by atoms with Crippen molar-refractivity contribution in [3.05, 3.63) is 35.9 Å². The van der Waals surface area contributed by atoms with Gasteiger partial charge in [0.1, 0.15) is 0 Å². The molecule has 1 atom stereocenters. The SMILES string of the molecule is C[C@@](O)(CCc1ccccc1)CNC(=O)C1CCN(S(C)(=O)=O)CC1. The minimum Gasteiger partial charge on any atom is -0.388 e. The van der Waals surface area contributed by atoms with Crippen molar-refractivity contribution in [2.75, 3.05) is 25.9 Å². The van der Waals surface area contributed by atoms with E-state index in [2.05, 4.69) is 5.32 Å². The van der Waals surface area contributed by atoms with Crippen molar-refractivity contribution in [2.45, 2.75) is 38.2 Å². The molecule has 1 aromatic carbocycles. The first-order valence-electron chi connectivity index (χ1n) is 8.66. The zero-order valence-electron chi connectivity index (χ0n) is 14.9. The van der Waals surface area contributed by atoms with E-state index >= 15 is 0 Å². The average Bonchev–Trinajstić information content (AvgIpc) is 2.58. The van der Waals surface area contributed by atoms with E-state index in [0.29, 0.717) is 32.4 Å². The molecule has 1 amide bonds. The van der Waals surface area contributed by atoms with Crippen LogP contribution >= 0.6 is 0 Å². The Balaban J connectivity index is 1.75. The predicted octanol–water partition coefficient (Wildman–Crippen LogP) is 1.16. The van der Waals surface area contributed by atoms with E-state index in [0.717, 1.165) is 12.0 Å². The van der Waals surface area contributed by atoms with Crippen LogP contribution in [0, 0.1) is 5.92 Å². The van der Waals surface area contributed by atoms with Crippen LogP contribution in [-0.4, -0.2) is 55.2 Å². The Morgan fingerprint density at radius 1 is 1.28 bits per heavy atom. The van der Waals surface area contributed by atoms with E-state index in [9.17, 15) is 18.3 Å². The number of sulfonamides is 1. The third-order valence-electron chi connectivity index (χ3n) is 4.73. The van der Waals surface area contributed by atoms with Crippen molar-refractivity contribution < 1.29 is 18.3 Å². The zero-order chi connectivity index (χ0) is 18.5. The number of aliphatic hydroxyl groups is 1. The fourth-order valence-electron chi connectivity index (χ4n) is 3.02. The van der Waals surface area contributed by atoms with Crippen molar-refractivity contribution in [1.82, 2.24) is 9.62 Å². The van der Waals surface area contributed by atoms with Crippen molar-refractivity contribution >= 4 is 15.9 Å². The smallest absolute Gasteiger partial charge is 0.223 e. The molecule has 1 saturated heterocycles. The molecule has 0 bridgehead atoms. The van der Waals surface area contributed by atoms with Crippen molar-refractivity contribution in [1.29, 1.82) is 0 Å². The molecular formula is C18H28N2O4S. The number of carbonyl (C=O) groups excluding carboxylic acids is 1. The second-order valence-electron chi connectivity index (χ2n) is 7.14. The first-order valence-corrected chi connectivity index (χ1v) is 10.5. The number of carbonyl (C=O) groups is 1. The van der Waals surface area contributed by atoms with Gasteiger partial charge in [-0.05, 0) is 38.2 Å². The lowest BCUT2D eigenvalue weighted by Crippen LogP contribution is -2.46. The van der Waals surface area contributed by atoms with Crippen LogP contribution in [-0.2, 0) is 21.2 Å². The van der Waals surface area contributed by atoms with Gasteiger partial charge < -0.3 is 10.4 Å². The Morgan fingerprint density at radius 3 is 2.44 bits per heavy atom. The number of hydrogen-bond donors (Lipinski definition) is 2. The molecule has 0 radical (unpaired) electrons. The fourth-order valence-corrected chi connectivity index (χ4v) is 3.89. The molecule has 2 rings (SSSR count). The number of hydrogen-bond acceptors (Lipinski definition) is 4. The lowest BCUT2D eigenvalue weighted by Gasteiger charge is -2.30. The highest BCUT2D eigenvalue weighted by Gasteiger charge is 2.30. The molecule has 2 N–H and O–H groups in total. The molecule has 140 valence electrons. The van der Waals surface area contributed by atoms with Crippen molar-refractivity contribution in [2.24, 2.45) is 5.92 Å². The first kappa shape index (κ1) is 19.9. The number of nitrogens with zero attached hydrogens (tertiary/aromatic N) is 1. The first-order chi connectivity index (χ1) is 11.7. The number of rotatable bonds is 7. The Labute approximate surface area is 150 Å². The van der Waals surface area contributed by atoms with Gasteiger partial charge in [0.15, 0.2) is 0 Å². The standard InChI is InChI=1S/C18H28N2O4S/c1-18(22,11-8-15-6-4-3-5-7-15)14-19-17(21)16-9-12-20(13-10-16)25(2,23)24/h3-7,16,22H,8-14H2,1-2H3,(H,19,21)/t18-/m1/s1. The van der Waals surface area contributed by atoms with Gasteiger partial charge in [-0.3, -0.25) is 4.79 Å². The average molecular weight is 368 g/mol. The molecule has 0 saturated carbocycles. The molecule has 0 spiro atoms. The molecule has 0 unspecified atom stereocenters. The van der Waals surface area contributed by atoms with Gasteiger partial charge in [0.2, 0.25) is 15.9 Å². The highest BCUT2D eigenvalue weighted by atomic mass is 32.2. The molecule has 1 aliphatic rings. The van der Waals surface area contributed by atoms with Crippen LogP contribution in [0.25, 0.3) is 0 Å². The van der Waals surface area contributed by atoms with Crippen molar-refractivity contribution in [3.8, 4) is 0 Å². The lowest BCUT2D eigenvalue weighted by atomic mass is 9.94. The second-order valence-corrected chi connectivity index (χ2v) is 9.12. The zero-order valence-corrected chi connectivity index (χ0v) is 15.8. The van der Waals surface area contributed by atoms with Gasteiger partial charge in [-0.25, -0.2) is 12.7 Å². The number of nitrogens with one attached hydrogen (secondary N) is 1. The number of piperidine rings is 1. The van der Waals surface area contributed by atoms with Gasteiger partial charge in [0.25, 0.3) is 0 Å². The summed E-state index contributed by atoms with van der Waals surface area (Å²) in [5.74, 6) is -0.295. The normalized spacial score (nSPS) is 19.3. The molecule has 25 heavy (non-hydrogen) atoms. The Kier molecular flexibility index (Phi) is 6.59. The maximum atomic E-state index is 12.3. The quantitative estimate of drug-likeness (QED) is 0.756. The van der Waals surface area contributed by atoms with Crippen LogP contribution < -0.4 is 5.32 Å². The van der Waals surface area contributed by atoms with Crippen LogP contribution in [0.5, 0.6) is 0 Å². The molecule has 6 nitrogen and oxygen atoms in total. The Hall–Kier alpha value is -1.44. The monoisotopic (exact) mass is 368 g/mol. The van der Waals surface area contributed by atoms with Crippen LogP contribution in [0.4, 0.5) is 0 Å². The molecule has 0 aromatic heterocycles. The van der Waals surface area contributed by atoms with E-state index in [1.54, 1.807) is 6.92 Å². The second kappa shape index (κ2) is 8.29. The van der Waals surface area contributed by atoms with Gasteiger partial charge in [0, 0.05) is 25.6 Å². The van der Waals surface area contributed by atoms with Crippen LogP contribution in [0.3, 0.4) is 0 Å². The predicted molar refractivity (Wildman–Crippen MR) is 97.5 cm³/mol. The van der Waals surface area contributed by atoms with Crippen LogP contribution in [0.15, 0.2) is 30.3 Å². The molecule has 1 aromatic rings. The fraction of sp³-hybridized carbons (Fsp3) is 0.611. The van der Waals surface area contributed by atoms with E-state index in [-0.39, 0.29) is 18.4 Å². The van der Waals surface area contributed by atoms with Crippen molar-refractivity contribution in [3.63, 3.8) is 0 Å². The van der Waals surface area contributed by atoms with Gasteiger partial charge in [0.05, 0.1) is 11.9 Å². The number of aryl methyl sites for hydroxylation is 1. The van der Waals surface area contributed by atoms with Gasteiger partial charge in [-0.15, -0.1) is 0 Å². The summed E-state index contributed by atoms with van der Waals surface area (Å²) in [6, 6.07) is 9.93. The summed E-state index contributed by atoms with van der Waals surface area (Å²) in [5, 5.41) is 13.3. The van der Waals surface area contributed by atoms with E-state index in [1.807, 2.05) is 30.3 Å². The third kappa shape index (κ3) is 6.41. The number of amides is 1. The summed E-state index contributed by atoms with van der Waals surface area (Å²) in [6.45, 7) is 2.68. The minimum atomic E-state index is -3.18. The van der Waals surface area contributed by atoms with E-state index in [1.165, 1.54) is 10.6 Å². The molecule has 0 aliphatic carbocycles. The Bertz CT molecular complexity index is 666. The van der Waals surface area contributed by atoms with E-state index in [4.69, 9.17) is 0 Å². The molecule has 1 aliphatic heterocycles. The van der Waals surface area contributed by atoms with Gasteiger partial charge >= 0.3 is 0 Å². The summed E-state index contributed by atoms with van der Waals surface area (Å²) < 4.78 is 24.4. The lowest BCUT2D eigenvalue weighted by molar-refractivity contribution is -0.127.